The van der Waals surface area contributed by atoms with Crippen molar-refractivity contribution in [3.63, 3.8) is 0 Å². The molecule has 2 N–H and O–H groups in total. The molecule has 2 aromatic rings. The number of hydrogen-bond donors (Lipinski definition) is 2. The number of hydrogen-bond acceptors (Lipinski definition) is 4. The lowest BCUT2D eigenvalue weighted by molar-refractivity contribution is 0.495. The molecule has 0 atom stereocenters. The predicted octanol–water partition coefficient (Wildman–Crippen LogP) is 3.03. The molecule has 0 saturated carbocycles. The first-order chi connectivity index (χ1) is 8.92. The molecule has 0 unspecified atom stereocenters. The van der Waals surface area contributed by atoms with E-state index in [0.29, 0.717) is 16.9 Å². The fourth-order valence-corrected chi connectivity index (χ4v) is 2.41. The maximum atomic E-state index is 11.1. The van der Waals surface area contributed by atoms with E-state index in [1.807, 2.05) is 12.1 Å². The molecule has 0 fully saturated rings. The van der Waals surface area contributed by atoms with Crippen molar-refractivity contribution in [2.75, 3.05) is 16.3 Å². The van der Waals surface area contributed by atoms with Crippen LogP contribution >= 0.6 is 15.9 Å². The van der Waals surface area contributed by atoms with E-state index in [1.165, 1.54) is 0 Å². The van der Waals surface area contributed by atoms with Crippen LogP contribution in [0.15, 0.2) is 45.5 Å². The second-order valence-electron chi connectivity index (χ2n) is 4.01. The molecule has 0 aliphatic rings. The van der Waals surface area contributed by atoms with E-state index in [0.717, 1.165) is 17.7 Å². The Bertz CT molecular complexity index is 650. The molecule has 0 amide bonds. The lowest BCUT2D eigenvalue weighted by Gasteiger charge is -2.07. The molecule has 1 aromatic heterocycles. The van der Waals surface area contributed by atoms with Crippen molar-refractivity contribution in [1.29, 1.82) is 0 Å². The van der Waals surface area contributed by atoms with Gasteiger partial charge in [0.05, 0.1) is 12.8 Å². The van der Waals surface area contributed by atoms with Crippen molar-refractivity contribution < 1.29 is 12.8 Å². The normalized spacial score (nSPS) is 11.3. The molecule has 2 rings (SSSR count). The number of nitrogens with one attached hydrogen (secondary N) is 2. The van der Waals surface area contributed by atoms with Gasteiger partial charge in [0, 0.05) is 11.4 Å². The summed E-state index contributed by atoms with van der Waals surface area (Å²) in [5, 5.41) is 3.17. The molecule has 7 heteroatoms. The van der Waals surface area contributed by atoms with Gasteiger partial charge in [-0.25, -0.2) is 8.42 Å². The quantitative estimate of drug-likeness (QED) is 0.874. The molecule has 19 heavy (non-hydrogen) atoms. The first kappa shape index (κ1) is 14.0. The van der Waals surface area contributed by atoms with E-state index >= 15 is 0 Å². The van der Waals surface area contributed by atoms with Crippen LogP contribution < -0.4 is 10.0 Å². The number of sulfonamides is 1. The van der Waals surface area contributed by atoms with Crippen molar-refractivity contribution in [3.8, 4) is 0 Å². The third-order valence-corrected chi connectivity index (χ3v) is 3.32. The van der Waals surface area contributed by atoms with E-state index < -0.39 is 10.0 Å². The zero-order valence-electron chi connectivity index (χ0n) is 10.2. The van der Waals surface area contributed by atoms with Gasteiger partial charge in [0.1, 0.15) is 5.76 Å². The summed E-state index contributed by atoms with van der Waals surface area (Å²) < 4.78 is 30.6. The number of benzene rings is 1. The first-order valence-corrected chi connectivity index (χ1v) is 8.17. The largest absolute Gasteiger partial charge is 0.452 e. The van der Waals surface area contributed by atoms with E-state index in [1.54, 1.807) is 24.3 Å². The van der Waals surface area contributed by atoms with Crippen molar-refractivity contribution in [2.24, 2.45) is 0 Å². The highest BCUT2D eigenvalue weighted by Gasteiger charge is 2.02. The van der Waals surface area contributed by atoms with Gasteiger partial charge in [0.2, 0.25) is 10.0 Å². The molecule has 0 aliphatic carbocycles. The van der Waals surface area contributed by atoms with Crippen LogP contribution in [0.25, 0.3) is 0 Å². The van der Waals surface area contributed by atoms with E-state index in [4.69, 9.17) is 4.42 Å². The highest BCUT2D eigenvalue weighted by Crippen LogP contribution is 2.17. The van der Waals surface area contributed by atoms with Gasteiger partial charge in [-0.3, -0.25) is 4.72 Å². The Kier molecular flexibility index (Phi) is 4.16. The maximum Gasteiger partial charge on any atom is 0.229 e. The summed E-state index contributed by atoms with van der Waals surface area (Å²) in [5.41, 5.74) is 1.42. The fraction of sp³-hybridized carbons (Fsp3) is 0.167. The summed E-state index contributed by atoms with van der Waals surface area (Å²) in [4.78, 5) is 0. The minimum atomic E-state index is -3.23. The van der Waals surface area contributed by atoms with E-state index in [2.05, 4.69) is 26.0 Å². The van der Waals surface area contributed by atoms with Crippen molar-refractivity contribution in [3.05, 3.63) is 46.8 Å². The standard InChI is InChI=1S/C12H13BrN2O3S/c1-19(16,17)15-10-4-2-9(3-5-10)14-8-11-6-7-12(13)18-11/h2-7,14-15H,8H2,1H3. The highest BCUT2D eigenvalue weighted by molar-refractivity contribution is 9.10. The van der Waals surface area contributed by atoms with Crippen LogP contribution in [0.1, 0.15) is 5.76 Å². The summed E-state index contributed by atoms with van der Waals surface area (Å²) in [6.45, 7) is 0.560. The van der Waals surface area contributed by atoms with Gasteiger partial charge in [0.25, 0.3) is 0 Å². The van der Waals surface area contributed by atoms with Crippen molar-refractivity contribution >= 4 is 37.3 Å². The number of halogens is 1. The molecule has 0 saturated heterocycles. The molecule has 102 valence electrons. The van der Waals surface area contributed by atoms with Crippen LogP contribution in [0, 0.1) is 0 Å². The predicted molar refractivity (Wildman–Crippen MR) is 78.6 cm³/mol. The zero-order chi connectivity index (χ0) is 13.9. The number of anilines is 2. The summed E-state index contributed by atoms with van der Waals surface area (Å²) in [6.07, 6.45) is 1.12. The molecule has 0 spiro atoms. The molecule has 1 heterocycles. The van der Waals surface area contributed by atoms with Gasteiger partial charge >= 0.3 is 0 Å². The smallest absolute Gasteiger partial charge is 0.229 e. The van der Waals surface area contributed by atoms with Crippen LogP contribution in [0.2, 0.25) is 0 Å². The molecule has 0 aliphatic heterocycles. The van der Waals surface area contributed by atoms with Gasteiger partial charge in [-0.05, 0) is 52.3 Å². The Labute approximate surface area is 120 Å². The second kappa shape index (κ2) is 5.66. The van der Waals surface area contributed by atoms with Gasteiger partial charge in [-0.1, -0.05) is 0 Å². The van der Waals surface area contributed by atoms with Crippen LogP contribution in [-0.2, 0) is 16.6 Å². The zero-order valence-corrected chi connectivity index (χ0v) is 12.6. The SMILES string of the molecule is CS(=O)(=O)Nc1ccc(NCc2ccc(Br)o2)cc1. The lowest BCUT2D eigenvalue weighted by atomic mass is 10.3. The Morgan fingerprint density at radius 2 is 1.74 bits per heavy atom. The van der Waals surface area contributed by atoms with Gasteiger partial charge < -0.3 is 9.73 Å². The first-order valence-electron chi connectivity index (χ1n) is 5.48. The number of furan rings is 1. The Balaban J connectivity index is 1.95. The van der Waals surface area contributed by atoms with Gasteiger partial charge in [-0.15, -0.1) is 0 Å². The summed E-state index contributed by atoms with van der Waals surface area (Å²) >= 11 is 3.24. The third-order valence-electron chi connectivity index (χ3n) is 2.28. The van der Waals surface area contributed by atoms with Crippen molar-refractivity contribution in [1.82, 2.24) is 0 Å². The topological polar surface area (TPSA) is 71.3 Å². The fourth-order valence-electron chi connectivity index (χ4n) is 1.51. The molecule has 0 bridgehead atoms. The summed E-state index contributed by atoms with van der Waals surface area (Å²) in [7, 11) is -3.23. The lowest BCUT2D eigenvalue weighted by Crippen LogP contribution is -2.09. The highest BCUT2D eigenvalue weighted by atomic mass is 79.9. The Morgan fingerprint density at radius 1 is 1.11 bits per heavy atom. The summed E-state index contributed by atoms with van der Waals surface area (Å²) in [5.74, 6) is 0.810. The summed E-state index contributed by atoms with van der Waals surface area (Å²) in [6, 6.07) is 10.7. The van der Waals surface area contributed by atoms with Crippen LogP contribution in [0.4, 0.5) is 11.4 Å². The van der Waals surface area contributed by atoms with Gasteiger partial charge in [-0.2, -0.15) is 0 Å². The molecule has 1 aromatic carbocycles. The van der Waals surface area contributed by atoms with Crippen LogP contribution in [0.5, 0.6) is 0 Å². The molecular formula is C12H13BrN2O3S. The van der Waals surface area contributed by atoms with E-state index in [-0.39, 0.29) is 0 Å². The van der Waals surface area contributed by atoms with Crippen LogP contribution in [-0.4, -0.2) is 14.7 Å². The van der Waals surface area contributed by atoms with Gasteiger partial charge in [0.15, 0.2) is 4.67 Å². The monoisotopic (exact) mass is 344 g/mol. The molecular weight excluding hydrogens is 332 g/mol. The molecule has 0 radical (unpaired) electrons. The Hall–Kier alpha value is -1.47. The third kappa shape index (κ3) is 4.60. The Morgan fingerprint density at radius 3 is 2.26 bits per heavy atom. The average Bonchev–Trinajstić information content (AvgIpc) is 2.72. The minimum absolute atomic E-state index is 0.536. The maximum absolute atomic E-state index is 11.1. The molecule has 5 nitrogen and oxygen atoms in total. The average molecular weight is 345 g/mol. The minimum Gasteiger partial charge on any atom is -0.452 e. The second-order valence-corrected chi connectivity index (χ2v) is 6.54. The van der Waals surface area contributed by atoms with Crippen molar-refractivity contribution in [2.45, 2.75) is 6.54 Å². The van der Waals surface area contributed by atoms with E-state index in [9.17, 15) is 8.42 Å². The van der Waals surface area contributed by atoms with Crippen LogP contribution in [0.3, 0.4) is 0 Å². The number of rotatable bonds is 5.